The Morgan fingerprint density at radius 1 is 0.262 bits per heavy atom. The molecule has 0 aliphatic heterocycles. The Balaban J connectivity index is 1.15. The Hall–Kier alpha value is -8.21. The molecule has 0 spiro atoms. The topological polar surface area (TPSA) is 43.6 Å². The monoisotopic (exact) mass is 776 g/mol. The Labute approximate surface area is 352 Å². The van der Waals surface area contributed by atoms with Crippen molar-refractivity contribution in [1.29, 1.82) is 0 Å². The van der Waals surface area contributed by atoms with Crippen molar-refractivity contribution in [1.82, 2.24) is 19.5 Å². The van der Waals surface area contributed by atoms with E-state index >= 15 is 0 Å². The molecule has 61 heavy (non-hydrogen) atoms. The summed E-state index contributed by atoms with van der Waals surface area (Å²) in [5.74, 6) is 1.79. The van der Waals surface area contributed by atoms with Gasteiger partial charge in [0, 0.05) is 27.5 Å². The minimum Gasteiger partial charge on any atom is -0.277 e. The SMILES string of the molecule is c1ccc(-c2cccc(-c3cccc4c5cc(-c6ccccc6)ccc5n(-c5nc(-c6ccccc6)nc(-c6ccc7c8ccccc8c8ccccc8c7c6)n5)c34)c2)cc1. The summed E-state index contributed by atoms with van der Waals surface area (Å²) in [6.07, 6.45) is 0. The molecule has 0 N–H and O–H groups in total. The van der Waals surface area contributed by atoms with E-state index in [0.717, 1.165) is 55.2 Å². The maximum Gasteiger partial charge on any atom is 0.238 e. The molecule has 4 heteroatoms. The number of hydrogen-bond acceptors (Lipinski definition) is 3. The third-order valence-corrected chi connectivity index (χ3v) is 12.0. The molecule has 0 fully saturated rings. The number of rotatable bonds is 6. The lowest BCUT2D eigenvalue weighted by molar-refractivity contribution is 0.954. The van der Waals surface area contributed by atoms with Gasteiger partial charge in [-0.05, 0) is 84.4 Å². The van der Waals surface area contributed by atoms with Gasteiger partial charge >= 0.3 is 0 Å². The molecular weight excluding hydrogens is 741 g/mol. The van der Waals surface area contributed by atoms with E-state index in [2.05, 4.69) is 205 Å². The Bertz CT molecular complexity index is 3600. The van der Waals surface area contributed by atoms with Crippen molar-refractivity contribution in [2.45, 2.75) is 0 Å². The molecule has 12 aromatic rings. The normalized spacial score (nSPS) is 11.6. The molecule has 0 saturated heterocycles. The highest BCUT2D eigenvalue weighted by Gasteiger charge is 2.22. The van der Waals surface area contributed by atoms with Crippen LogP contribution in [-0.2, 0) is 0 Å². The van der Waals surface area contributed by atoms with Gasteiger partial charge in [-0.15, -0.1) is 0 Å². The fraction of sp³-hybridized carbons (Fsp3) is 0. The first kappa shape index (κ1) is 34.8. The van der Waals surface area contributed by atoms with Gasteiger partial charge < -0.3 is 0 Å². The third kappa shape index (κ3) is 5.88. The van der Waals surface area contributed by atoms with Gasteiger partial charge in [0.1, 0.15) is 0 Å². The van der Waals surface area contributed by atoms with E-state index in [9.17, 15) is 0 Å². The lowest BCUT2D eigenvalue weighted by Crippen LogP contribution is -2.07. The molecule has 4 nitrogen and oxygen atoms in total. The average Bonchev–Trinajstić information content (AvgIpc) is 3.69. The molecular formula is C57H36N4. The second-order valence-electron chi connectivity index (χ2n) is 15.6. The molecule has 10 aromatic carbocycles. The van der Waals surface area contributed by atoms with E-state index in [1.165, 1.54) is 43.4 Å². The zero-order valence-corrected chi connectivity index (χ0v) is 33.1. The van der Waals surface area contributed by atoms with Crippen LogP contribution >= 0.6 is 0 Å². The Morgan fingerprint density at radius 2 is 0.721 bits per heavy atom. The van der Waals surface area contributed by atoms with Gasteiger partial charge in [-0.25, -0.2) is 4.98 Å². The molecule has 2 aromatic heterocycles. The van der Waals surface area contributed by atoms with E-state index in [1.54, 1.807) is 0 Å². The number of benzene rings is 10. The molecule has 0 saturated carbocycles. The molecule has 0 unspecified atom stereocenters. The molecule has 0 bridgehead atoms. The number of para-hydroxylation sites is 1. The van der Waals surface area contributed by atoms with Crippen molar-refractivity contribution in [3.63, 3.8) is 0 Å². The smallest absolute Gasteiger partial charge is 0.238 e. The number of hydrogen-bond donors (Lipinski definition) is 0. The largest absolute Gasteiger partial charge is 0.277 e. The highest BCUT2D eigenvalue weighted by atomic mass is 15.2. The minimum atomic E-state index is 0.562. The predicted octanol–water partition coefficient (Wildman–Crippen LogP) is 14.8. The second-order valence-corrected chi connectivity index (χ2v) is 15.6. The van der Waals surface area contributed by atoms with E-state index in [1.807, 2.05) is 18.2 Å². The van der Waals surface area contributed by atoms with Crippen molar-refractivity contribution in [2.24, 2.45) is 0 Å². The average molecular weight is 777 g/mol. The van der Waals surface area contributed by atoms with Crippen LogP contribution < -0.4 is 0 Å². The van der Waals surface area contributed by atoms with E-state index < -0.39 is 0 Å². The lowest BCUT2D eigenvalue weighted by atomic mass is 9.93. The fourth-order valence-corrected chi connectivity index (χ4v) is 9.17. The van der Waals surface area contributed by atoms with Crippen LogP contribution in [0.15, 0.2) is 218 Å². The van der Waals surface area contributed by atoms with Crippen LogP contribution in [0.25, 0.3) is 116 Å². The molecule has 0 amide bonds. The van der Waals surface area contributed by atoms with Crippen molar-refractivity contribution in [3.8, 4) is 62.1 Å². The number of nitrogens with zero attached hydrogens (tertiary/aromatic N) is 4. The zero-order chi connectivity index (χ0) is 40.3. The molecule has 0 atom stereocenters. The van der Waals surface area contributed by atoms with Crippen molar-refractivity contribution < 1.29 is 0 Å². The second kappa shape index (κ2) is 14.3. The zero-order valence-electron chi connectivity index (χ0n) is 33.1. The predicted molar refractivity (Wildman–Crippen MR) is 254 cm³/mol. The fourth-order valence-electron chi connectivity index (χ4n) is 9.17. The maximum absolute atomic E-state index is 5.44. The summed E-state index contributed by atoms with van der Waals surface area (Å²) < 4.78 is 2.26. The highest BCUT2D eigenvalue weighted by Crippen LogP contribution is 2.41. The van der Waals surface area contributed by atoms with Crippen LogP contribution in [0.3, 0.4) is 0 Å². The summed E-state index contributed by atoms with van der Waals surface area (Å²) in [6, 6.07) is 77.6. The third-order valence-electron chi connectivity index (χ3n) is 12.0. The molecule has 0 radical (unpaired) electrons. The summed E-state index contributed by atoms with van der Waals surface area (Å²) in [5, 5.41) is 9.54. The summed E-state index contributed by atoms with van der Waals surface area (Å²) in [4.78, 5) is 16.0. The number of aromatic nitrogens is 4. The molecule has 12 rings (SSSR count). The van der Waals surface area contributed by atoms with Crippen molar-refractivity contribution in [3.05, 3.63) is 218 Å². The van der Waals surface area contributed by atoms with Crippen LogP contribution in [0, 0.1) is 0 Å². The Kier molecular flexibility index (Phi) is 8.13. The number of fused-ring (bicyclic) bond motifs is 9. The minimum absolute atomic E-state index is 0.562. The first-order valence-corrected chi connectivity index (χ1v) is 20.7. The van der Waals surface area contributed by atoms with Gasteiger partial charge in [-0.3, -0.25) is 4.57 Å². The highest BCUT2D eigenvalue weighted by molar-refractivity contribution is 6.25. The summed E-state index contributed by atoms with van der Waals surface area (Å²) in [5.41, 5.74) is 10.8. The van der Waals surface area contributed by atoms with Crippen molar-refractivity contribution in [2.75, 3.05) is 0 Å². The van der Waals surface area contributed by atoms with Gasteiger partial charge in [0.25, 0.3) is 0 Å². The standard InChI is InChI=1S/C57H36N4/c1-4-16-37(17-5-1)40-22-14-23-42(34-40)44-28-15-29-50-52-35-41(38-18-6-2-7-19-38)31-33-53(52)61(54(44)50)57-59-55(39-20-8-3-9-21-39)58-56(60-57)43-30-32-49-47-26-11-10-24-45(47)46-25-12-13-27-48(46)51(49)36-43/h1-36H. The van der Waals surface area contributed by atoms with Crippen LogP contribution in [-0.4, -0.2) is 19.5 Å². The summed E-state index contributed by atoms with van der Waals surface area (Å²) in [6.45, 7) is 0. The van der Waals surface area contributed by atoms with Gasteiger partial charge in [0.15, 0.2) is 11.6 Å². The maximum atomic E-state index is 5.44. The van der Waals surface area contributed by atoms with Gasteiger partial charge in [0.05, 0.1) is 11.0 Å². The van der Waals surface area contributed by atoms with Gasteiger partial charge in [-0.2, -0.15) is 9.97 Å². The van der Waals surface area contributed by atoms with Crippen molar-refractivity contribution >= 4 is 54.1 Å². The first-order chi connectivity index (χ1) is 30.2. The summed E-state index contributed by atoms with van der Waals surface area (Å²) in [7, 11) is 0. The molecule has 284 valence electrons. The summed E-state index contributed by atoms with van der Waals surface area (Å²) >= 11 is 0. The molecule has 2 heterocycles. The van der Waals surface area contributed by atoms with Crippen LogP contribution in [0.4, 0.5) is 0 Å². The van der Waals surface area contributed by atoms with Crippen LogP contribution in [0.1, 0.15) is 0 Å². The van der Waals surface area contributed by atoms with Gasteiger partial charge in [0.2, 0.25) is 5.95 Å². The van der Waals surface area contributed by atoms with E-state index in [4.69, 9.17) is 15.0 Å². The first-order valence-electron chi connectivity index (χ1n) is 20.7. The van der Waals surface area contributed by atoms with E-state index in [-0.39, 0.29) is 0 Å². The van der Waals surface area contributed by atoms with Crippen LogP contribution in [0.2, 0.25) is 0 Å². The van der Waals surface area contributed by atoms with Gasteiger partial charge in [-0.1, -0.05) is 194 Å². The molecule has 0 aliphatic carbocycles. The Morgan fingerprint density at radius 3 is 1.38 bits per heavy atom. The van der Waals surface area contributed by atoms with Crippen LogP contribution in [0.5, 0.6) is 0 Å². The molecule has 0 aliphatic rings. The van der Waals surface area contributed by atoms with E-state index in [0.29, 0.717) is 17.6 Å². The quantitative estimate of drug-likeness (QED) is 0.158. The lowest BCUT2D eigenvalue weighted by Gasteiger charge is -2.14.